The lowest BCUT2D eigenvalue weighted by molar-refractivity contribution is 1.08. The van der Waals surface area contributed by atoms with E-state index in [0.717, 1.165) is 78.2 Å². The standard InChI is InChI=1S/C47H31N5/c1-30-21-22-44-38(25-30)37-23-24-48-29-45(37)52(44)46-20-10-18-40(51-46)34-27-42(41-19-9-17-39(49-41)31-11-3-2-4-12-31)50-43(28-34)47-35-15-7-5-13-32(35)26-33-14-6-8-16-36(33)47/h2-29H,1H3. The maximum Gasteiger partial charge on any atom is 0.138 e. The molecular weight excluding hydrogens is 635 g/mol. The summed E-state index contributed by atoms with van der Waals surface area (Å²) in [5.74, 6) is 0.828. The highest BCUT2D eigenvalue weighted by Gasteiger charge is 2.18. The predicted octanol–water partition coefficient (Wildman–Crippen LogP) is 11.6. The molecule has 10 rings (SSSR count). The molecule has 0 spiro atoms. The number of hydrogen-bond donors (Lipinski definition) is 0. The molecule has 0 fully saturated rings. The zero-order valence-electron chi connectivity index (χ0n) is 28.4. The fraction of sp³-hybridized carbons (Fsp3) is 0.0213. The van der Waals surface area contributed by atoms with E-state index in [0.29, 0.717) is 0 Å². The molecule has 0 aliphatic carbocycles. The van der Waals surface area contributed by atoms with E-state index >= 15 is 0 Å². The van der Waals surface area contributed by atoms with Crippen molar-refractivity contribution in [1.29, 1.82) is 0 Å². The number of rotatable bonds is 5. The number of benzene rings is 5. The SMILES string of the molecule is Cc1ccc2c(c1)c1ccncc1n2-c1cccc(-c2cc(-c3cccc(-c4ccccc4)n3)nc(-c3c4ccccc4cc4ccccc34)c2)n1. The number of pyridine rings is 4. The van der Waals surface area contributed by atoms with Gasteiger partial charge in [0.05, 0.1) is 45.7 Å². The van der Waals surface area contributed by atoms with Crippen molar-refractivity contribution in [2.45, 2.75) is 6.92 Å². The Labute approximate surface area is 300 Å². The number of aromatic nitrogens is 5. The summed E-state index contributed by atoms with van der Waals surface area (Å²) in [5, 5.41) is 6.98. The van der Waals surface area contributed by atoms with Gasteiger partial charge in [-0.3, -0.25) is 9.55 Å². The average molecular weight is 666 g/mol. The van der Waals surface area contributed by atoms with Crippen LogP contribution in [0.5, 0.6) is 0 Å². The third kappa shape index (κ3) is 5.02. The molecule has 52 heavy (non-hydrogen) atoms. The van der Waals surface area contributed by atoms with Gasteiger partial charge >= 0.3 is 0 Å². The fourth-order valence-corrected chi connectivity index (χ4v) is 7.51. The second-order valence-corrected chi connectivity index (χ2v) is 13.2. The molecule has 5 heterocycles. The van der Waals surface area contributed by atoms with Crippen LogP contribution in [0.1, 0.15) is 5.56 Å². The van der Waals surface area contributed by atoms with Gasteiger partial charge in [-0.25, -0.2) is 15.0 Å². The first-order valence-corrected chi connectivity index (χ1v) is 17.5. The molecule has 0 atom stereocenters. The molecule has 0 saturated carbocycles. The van der Waals surface area contributed by atoms with Crippen molar-refractivity contribution in [3.05, 3.63) is 176 Å². The minimum Gasteiger partial charge on any atom is -0.292 e. The average Bonchev–Trinajstić information content (AvgIpc) is 3.53. The molecular formula is C47H31N5. The van der Waals surface area contributed by atoms with E-state index in [1.807, 2.05) is 36.7 Å². The van der Waals surface area contributed by atoms with E-state index in [-0.39, 0.29) is 0 Å². The lowest BCUT2D eigenvalue weighted by Gasteiger charge is -2.15. The maximum absolute atomic E-state index is 5.39. The quantitative estimate of drug-likeness (QED) is 0.172. The molecule has 5 heteroatoms. The van der Waals surface area contributed by atoms with Gasteiger partial charge in [-0.2, -0.15) is 0 Å². The van der Waals surface area contributed by atoms with Crippen LogP contribution in [-0.2, 0) is 0 Å². The van der Waals surface area contributed by atoms with Crippen LogP contribution in [0.25, 0.3) is 94.3 Å². The van der Waals surface area contributed by atoms with Crippen molar-refractivity contribution in [2.24, 2.45) is 0 Å². The van der Waals surface area contributed by atoms with Gasteiger partial charge in [0, 0.05) is 33.7 Å². The van der Waals surface area contributed by atoms with E-state index in [9.17, 15) is 0 Å². The number of hydrogen-bond acceptors (Lipinski definition) is 4. The van der Waals surface area contributed by atoms with Gasteiger partial charge < -0.3 is 0 Å². The predicted molar refractivity (Wildman–Crippen MR) is 213 cm³/mol. The third-order valence-corrected chi connectivity index (χ3v) is 9.92. The van der Waals surface area contributed by atoms with E-state index in [2.05, 4.69) is 150 Å². The molecule has 0 saturated heterocycles. The van der Waals surface area contributed by atoms with Crippen molar-refractivity contribution in [2.75, 3.05) is 0 Å². The Bertz CT molecular complexity index is 2930. The summed E-state index contributed by atoms with van der Waals surface area (Å²) < 4.78 is 2.21. The van der Waals surface area contributed by atoms with Gasteiger partial charge in [0.2, 0.25) is 0 Å². The highest BCUT2D eigenvalue weighted by atomic mass is 15.1. The third-order valence-electron chi connectivity index (χ3n) is 9.92. The molecule has 0 aliphatic heterocycles. The van der Waals surface area contributed by atoms with E-state index in [1.54, 1.807) is 0 Å². The Kier molecular flexibility index (Phi) is 6.96. The van der Waals surface area contributed by atoms with Crippen LogP contribution in [0, 0.1) is 6.92 Å². The van der Waals surface area contributed by atoms with Gasteiger partial charge in [0.25, 0.3) is 0 Å². The first kappa shape index (κ1) is 29.9. The molecule has 0 radical (unpaired) electrons. The van der Waals surface area contributed by atoms with Crippen LogP contribution in [0.15, 0.2) is 170 Å². The van der Waals surface area contributed by atoms with Crippen LogP contribution in [0.2, 0.25) is 0 Å². The molecule has 5 aromatic heterocycles. The molecule has 0 unspecified atom stereocenters. The molecule has 0 bridgehead atoms. The summed E-state index contributed by atoms with van der Waals surface area (Å²) in [7, 11) is 0. The van der Waals surface area contributed by atoms with Gasteiger partial charge in [0.15, 0.2) is 0 Å². The lowest BCUT2D eigenvalue weighted by atomic mass is 9.93. The van der Waals surface area contributed by atoms with Gasteiger partial charge in [-0.15, -0.1) is 0 Å². The number of aryl methyl sites for hydroxylation is 1. The van der Waals surface area contributed by atoms with Crippen molar-refractivity contribution >= 4 is 43.4 Å². The van der Waals surface area contributed by atoms with E-state index in [1.165, 1.54) is 21.7 Å². The molecule has 0 amide bonds. The Morgan fingerprint density at radius 1 is 0.423 bits per heavy atom. The second-order valence-electron chi connectivity index (χ2n) is 13.2. The lowest BCUT2D eigenvalue weighted by Crippen LogP contribution is -2.00. The zero-order valence-corrected chi connectivity index (χ0v) is 28.4. The van der Waals surface area contributed by atoms with Crippen LogP contribution < -0.4 is 0 Å². The normalized spacial score (nSPS) is 11.6. The molecule has 5 aromatic carbocycles. The Morgan fingerprint density at radius 3 is 1.90 bits per heavy atom. The highest BCUT2D eigenvalue weighted by molar-refractivity contribution is 6.12. The monoisotopic (exact) mass is 665 g/mol. The number of fused-ring (bicyclic) bond motifs is 5. The maximum atomic E-state index is 5.39. The van der Waals surface area contributed by atoms with Crippen molar-refractivity contribution in [1.82, 2.24) is 24.5 Å². The molecule has 0 aliphatic rings. The molecule has 10 aromatic rings. The Hall–Kier alpha value is -6.98. The minimum absolute atomic E-state index is 0.783. The van der Waals surface area contributed by atoms with E-state index in [4.69, 9.17) is 15.0 Å². The molecule has 0 N–H and O–H groups in total. The Balaban J connectivity index is 1.22. The van der Waals surface area contributed by atoms with Gasteiger partial charge in [-0.1, -0.05) is 103 Å². The number of nitrogens with zero attached hydrogens (tertiary/aromatic N) is 5. The fourth-order valence-electron chi connectivity index (χ4n) is 7.51. The van der Waals surface area contributed by atoms with Crippen molar-refractivity contribution < 1.29 is 0 Å². The van der Waals surface area contributed by atoms with Crippen molar-refractivity contribution in [3.8, 4) is 51.0 Å². The summed E-state index contributed by atoms with van der Waals surface area (Å²) in [6, 6.07) is 55.0. The molecule has 244 valence electrons. The Morgan fingerprint density at radius 2 is 1.10 bits per heavy atom. The second kappa shape index (κ2) is 12.1. The topological polar surface area (TPSA) is 56.5 Å². The van der Waals surface area contributed by atoms with Crippen molar-refractivity contribution in [3.63, 3.8) is 0 Å². The zero-order chi connectivity index (χ0) is 34.6. The summed E-state index contributed by atoms with van der Waals surface area (Å²) in [5.41, 5.74) is 10.6. The van der Waals surface area contributed by atoms with E-state index < -0.39 is 0 Å². The van der Waals surface area contributed by atoms with Crippen LogP contribution >= 0.6 is 0 Å². The summed E-state index contributed by atoms with van der Waals surface area (Å²) >= 11 is 0. The van der Waals surface area contributed by atoms with Gasteiger partial charge in [-0.05, 0) is 89.1 Å². The summed E-state index contributed by atoms with van der Waals surface area (Å²) in [6.45, 7) is 2.13. The van der Waals surface area contributed by atoms with Gasteiger partial charge in [0.1, 0.15) is 5.82 Å². The first-order chi connectivity index (χ1) is 25.7. The minimum atomic E-state index is 0.783. The first-order valence-electron chi connectivity index (χ1n) is 17.5. The van der Waals surface area contributed by atoms with Crippen LogP contribution in [-0.4, -0.2) is 24.5 Å². The summed E-state index contributed by atoms with van der Waals surface area (Å²) in [4.78, 5) is 20.4. The molecule has 5 nitrogen and oxygen atoms in total. The van der Waals surface area contributed by atoms with Crippen LogP contribution in [0.4, 0.5) is 0 Å². The smallest absolute Gasteiger partial charge is 0.138 e. The summed E-state index contributed by atoms with van der Waals surface area (Å²) in [6.07, 6.45) is 3.79. The largest absolute Gasteiger partial charge is 0.292 e. The van der Waals surface area contributed by atoms with Crippen LogP contribution in [0.3, 0.4) is 0 Å². The highest BCUT2D eigenvalue weighted by Crippen LogP contribution is 2.39.